The highest BCUT2D eigenvalue weighted by Gasteiger charge is 2.15. The Balaban J connectivity index is 2.36. The Kier molecular flexibility index (Phi) is 3.67. The van der Waals surface area contributed by atoms with E-state index < -0.39 is 6.43 Å². The highest BCUT2D eigenvalue weighted by molar-refractivity contribution is 6.32. The van der Waals surface area contributed by atoms with E-state index in [0.29, 0.717) is 5.56 Å². The minimum Gasteiger partial charge on any atom is -0.289 e. The Morgan fingerprint density at radius 2 is 2.00 bits per heavy atom. The number of aromatic nitrogens is 1. The molecule has 0 fully saturated rings. The SMILES string of the molecule is O=C(c1cccnc1)c1ccc(C(F)F)c(Cl)c1. The van der Waals surface area contributed by atoms with E-state index in [4.69, 9.17) is 11.6 Å². The van der Waals surface area contributed by atoms with Gasteiger partial charge in [-0.15, -0.1) is 0 Å². The van der Waals surface area contributed by atoms with Crippen molar-refractivity contribution in [1.82, 2.24) is 4.98 Å². The quantitative estimate of drug-likeness (QED) is 0.790. The van der Waals surface area contributed by atoms with Gasteiger partial charge in [0, 0.05) is 29.1 Å². The van der Waals surface area contributed by atoms with Crippen LogP contribution in [-0.4, -0.2) is 10.8 Å². The average Bonchev–Trinajstić information content (AvgIpc) is 2.38. The van der Waals surface area contributed by atoms with Gasteiger partial charge in [-0.1, -0.05) is 23.7 Å². The summed E-state index contributed by atoms with van der Waals surface area (Å²) in [5.74, 6) is -0.300. The van der Waals surface area contributed by atoms with Gasteiger partial charge in [-0.2, -0.15) is 0 Å². The van der Waals surface area contributed by atoms with Crippen LogP contribution in [0.4, 0.5) is 8.78 Å². The molecule has 2 nitrogen and oxygen atoms in total. The van der Waals surface area contributed by atoms with Crippen molar-refractivity contribution in [3.8, 4) is 0 Å². The third-order valence-electron chi connectivity index (χ3n) is 2.42. The van der Waals surface area contributed by atoms with Gasteiger partial charge in [-0.05, 0) is 18.2 Å². The number of carbonyl (C=O) groups is 1. The van der Waals surface area contributed by atoms with Crippen LogP contribution in [-0.2, 0) is 0 Å². The van der Waals surface area contributed by atoms with E-state index in [0.717, 1.165) is 6.07 Å². The molecule has 0 spiro atoms. The second-order valence-corrected chi connectivity index (χ2v) is 4.02. The molecule has 2 rings (SSSR count). The molecular weight excluding hydrogens is 260 g/mol. The molecule has 0 aliphatic heterocycles. The Bertz CT molecular complexity index is 572. The third-order valence-corrected chi connectivity index (χ3v) is 2.75. The highest BCUT2D eigenvalue weighted by atomic mass is 35.5. The number of halogens is 3. The molecule has 0 radical (unpaired) electrons. The van der Waals surface area contributed by atoms with E-state index >= 15 is 0 Å². The fraction of sp³-hybridized carbons (Fsp3) is 0.0769. The molecular formula is C13H8ClF2NO. The van der Waals surface area contributed by atoms with Crippen LogP contribution < -0.4 is 0 Å². The van der Waals surface area contributed by atoms with Gasteiger partial charge in [-0.25, -0.2) is 8.78 Å². The molecule has 1 heterocycles. The van der Waals surface area contributed by atoms with Gasteiger partial charge in [0.1, 0.15) is 0 Å². The first-order valence-electron chi connectivity index (χ1n) is 5.12. The molecule has 0 saturated carbocycles. The standard InChI is InChI=1S/C13H8ClF2NO/c14-11-6-8(3-4-10(11)13(15)16)12(18)9-2-1-5-17-7-9/h1-7,13H. The first kappa shape index (κ1) is 12.6. The molecule has 1 aromatic heterocycles. The van der Waals surface area contributed by atoms with Crippen LogP contribution in [0.2, 0.25) is 5.02 Å². The molecule has 0 amide bonds. The second kappa shape index (κ2) is 5.23. The molecule has 92 valence electrons. The number of pyridine rings is 1. The predicted octanol–water partition coefficient (Wildman–Crippen LogP) is 3.90. The van der Waals surface area contributed by atoms with Crippen molar-refractivity contribution < 1.29 is 13.6 Å². The van der Waals surface area contributed by atoms with Crippen molar-refractivity contribution in [2.24, 2.45) is 0 Å². The zero-order chi connectivity index (χ0) is 13.1. The number of hydrogen-bond acceptors (Lipinski definition) is 2. The summed E-state index contributed by atoms with van der Waals surface area (Å²) in [4.78, 5) is 15.8. The third kappa shape index (κ3) is 2.54. The fourth-order valence-corrected chi connectivity index (χ4v) is 1.77. The largest absolute Gasteiger partial charge is 0.289 e. The Morgan fingerprint density at radius 1 is 1.22 bits per heavy atom. The summed E-state index contributed by atoms with van der Waals surface area (Å²) in [6.45, 7) is 0. The van der Waals surface area contributed by atoms with Crippen molar-refractivity contribution in [3.05, 3.63) is 64.4 Å². The molecule has 0 N–H and O–H groups in total. The van der Waals surface area contributed by atoms with Crippen molar-refractivity contribution in [2.45, 2.75) is 6.43 Å². The number of benzene rings is 1. The minimum atomic E-state index is -2.65. The Hall–Kier alpha value is -1.81. The molecule has 0 bridgehead atoms. The van der Waals surface area contributed by atoms with Gasteiger partial charge < -0.3 is 0 Å². The smallest absolute Gasteiger partial charge is 0.265 e. The Morgan fingerprint density at radius 3 is 2.56 bits per heavy atom. The summed E-state index contributed by atoms with van der Waals surface area (Å²) >= 11 is 5.71. The monoisotopic (exact) mass is 267 g/mol. The number of carbonyl (C=O) groups excluding carboxylic acids is 1. The molecule has 0 atom stereocenters. The van der Waals surface area contributed by atoms with Crippen LogP contribution in [0.25, 0.3) is 0 Å². The van der Waals surface area contributed by atoms with Gasteiger partial charge in [0.15, 0.2) is 5.78 Å². The topological polar surface area (TPSA) is 30.0 Å². The highest BCUT2D eigenvalue weighted by Crippen LogP contribution is 2.28. The lowest BCUT2D eigenvalue weighted by molar-refractivity contribution is 0.103. The molecule has 0 aliphatic rings. The van der Waals surface area contributed by atoms with E-state index in [1.54, 1.807) is 18.3 Å². The zero-order valence-electron chi connectivity index (χ0n) is 9.11. The van der Waals surface area contributed by atoms with Crippen molar-refractivity contribution >= 4 is 17.4 Å². The van der Waals surface area contributed by atoms with E-state index in [9.17, 15) is 13.6 Å². The van der Waals surface area contributed by atoms with Gasteiger partial charge in [0.05, 0.1) is 5.02 Å². The van der Waals surface area contributed by atoms with E-state index in [2.05, 4.69) is 4.98 Å². The lowest BCUT2D eigenvalue weighted by Gasteiger charge is -2.05. The molecule has 0 aliphatic carbocycles. The summed E-state index contributed by atoms with van der Waals surface area (Å²) in [7, 11) is 0. The molecule has 1 aromatic carbocycles. The van der Waals surface area contributed by atoms with Crippen LogP contribution in [0.1, 0.15) is 27.9 Å². The van der Waals surface area contributed by atoms with Gasteiger partial charge in [-0.3, -0.25) is 9.78 Å². The van der Waals surface area contributed by atoms with Crippen LogP contribution in [0.3, 0.4) is 0 Å². The predicted molar refractivity (Wildman–Crippen MR) is 64.1 cm³/mol. The summed E-state index contributed by atoms with van der Waals surface area (Å²) in [5, 5.41) is -0.111. The maximum absolute atomic E-state index is 12.5. The molecule has 5 heteroatoms. The molecule has 0 saturated heterocycles. The van der Waals surface area contributed by atoms with Crippen molar-refractivity contribution in [3.63, 3.8) is 0 Å². The maximum Gasteiger partial charge on any atom is 0.265 e. The molecule has 0 unspecified atom stereocenters. The number of rotatable bonds is 3. The first-order valence-corrected chi connectivity index (χ1v) is 5.49. The van der Waals surface area contributed by atoms with Crippen LogP contribution in [0.5, 0.6) is 0 Å². The fourth-order valence-electron chi connectivity index (χ4n) is 1.51. The van der Waals surface area contributed by atoms with Crippen LogP contribution in [0, 0.1) is 0 Å². The molecule has 18 heavy (non-hydrogen) atoms. The maximum atomic E-state index is 12.5. The Labute approximate surface area is 107 Å². The minimum absolute atomic E-state index is 0.111. The van der Waals surface area contributed by atoms with Gasteiger partial charge in [0.2, 0.25) is 0 Å². The zero-order valence-corrected chi connectivity index (χ0v) is 9.86. The number of ketones is 1. The normalized spacial score (nSPS) is 10.7. The first-order chi connectivity index (χ1) is 8.59. The van der Waals surface area contributed by atoms with Crippen LogP contribution >= 0.6 is 11.6 Å². The summed E-state index contributed by atoms with van der Waals surface area (Å²) < 4.78 is 25.0. The van der Waals surface area contributed by atoms with Crippen LogP contribution in [0.15, 0.2) is 42.7 Å². The van der Waals surface area contributed by atoms with Gasteiger partial charge in [0.25, 0.3) is 6.43 Å². The van der Waals surface area contributed by atoms with Gasteiger partial charge >= 0.3 is 0 Å². The second-order valence-electron chi connectivity index (χ2n) is 3.61. The van der Waals surface area contributed by atoms with Crippen molar-refractivity contribution in [1.29, 1.82) is 0 Å². The van der Waals surface area contributed by atoms with E-state index in [1.165, 1.54) is 18.3 Å². The van der Waals surface area contributed by atoms with E-state index in [-0.39, 0.29) is 21.9 Å². The summed E-state index contributed by atoms with van der Waals surface area (Å²) in [6, 6.07) is 6.98. The van der Waals surface area contributed by atoms with Crippen molar-refractivity contribution in [2.75, 3.05) is 0 Å². The summed E-state index contributed by atoms with van der Waals surface area (Å²) in [6.07, 6.45) is 0.307. The number of alkyl halides is 2. The average molecular weight is 268 g/mol. The number of nitrogens with zero attached hydrogens (tertiary/aromatic N) is 1. The molecule has 2 aromatic rings. The lowest BCUT2D eigenvalue weighted by Crippen LogP contribution is -2.02. The van der Waals surface area contributed by atoms with E-state index in [1.807, 2.05) is 0 Å². The summed E-state index contributed by atoms with van der Waals surface area (Å²) in [5.41, 5.74) is 0.371. The lowest BCUT2D eigenvalue weighted by atomic mass is 10.0. The number of hydrogen-bond donors (Lipinski definition) is 0.